The van der Waals surface area contributed by atoms with Gasteiger partial charge in [0.15, 0.2) is 0 Å². The molecule has 1 aliphatic rings. The van der Waals surface area contributed by atoms with Crippen molar-refractivity contribution in [1.29, 1.82) is 0 Å². The third-order valence-corrected chi connectivity index (χ3v) is 4.15. The van der Waals surface area contributed by atoms with Crippen molar-refractivity contribution in [3.05, 3.63) is 52.6 Å². The molecule has 0 atom stereocenters. The SMILES string of the molecule is C=C1C=C(C(F)(F)CC)N(N)C(=O)N1c1cc(/C=N/OCC(=O)O)c(Cl)cc1F. The maximum atomic E-state index is 14.5. The number of carboxylic acids is 1. The molecule has 0 bridgehead atoms. The Kier molecular flexibility index (Phi) is 6.55. The van der Waals surface area contributed by atoms with Crippen LogP contribution in [0, 0.1) is 5.82 Å². The summed E-state index contributed by atoms with van der Waals surface area (Å²) >= 11 is 5.91. The average Bonchev–Trinajstić information content (AvgIpc) is 2.64. The first-order chi connectivity index (χ1) is 13.5. The number of halogens is 4. The van der Waals surface area contributed by atoms with Crippen molar-refractivity contribution in [2.75, 3.05) is 11.5 Å². The second kappa shape index (κ2) is 8.53. The highest BCUT2D eigenvalue weighted by Crippen LogP contribution is 2.37. The van der Waals surface area contributed by atoms with Crippen LogP contribution in [0.2, 0.25) is 5.02 Å². The minimum Gasteiger partial charge on any atom is -0.479 e. The van der Waals surface area contributed by atoms with Crippen LogP contribution in [0.4, 0.5) is 23.7 Å². The summed E-state index contributed by atoms with van der Waals surface area (Å²) in [5, 5.41) is 12.0. The third kappa shape index (κ3) is 4.69. The van der Waals surface area contributed by atoms with E-state index in [1.807, 2.05) is 0 Å². The van der Waals surface area contributed by atoms with Gasteiger partial charge in [-0.1, -0.05) is 30.3 Å². The Morgan fingerprint density at radius 1 is 1.48 bits per heavy atom. The molecule has 29 heavy (non-hydrogen) atoms. The van der Waals surface area contributed by atoms with Crippen LogP contribution in [0.25, 0.3) is 0 Å². The standard InChI is InChI=1S/C17H16ClF3N4O4/c1-3-17(20,21)14-4-9(2)24(16(28)25(14)22)13-5-10(11(18)6-12(13)19)7-23-29-8-15(26)27/h4-7H,2-3,8,22H2,1H3,(H,26,27)/b23-7+. The lowest BCUT2D eigenvalue weighted by Gasteiger charge is -2.36. The molecule has 0 saturated heterocycles. The molecule has 8 nitrogen and oxygen atoms in total. The number of nitrogens with two attached hydrogens (primary N) is 1. The minimum absolute atomic E-state index is 0.0614. The van der Waals surface area contributed by atoms with Gasteiger partial charge in [0.2, 0.25) is 6.61 Å². The Hall–Kier alpha value is -3.05. The van der Waals surface area contributed by atoms with Crippen LogP contribution < -0.4 is 10.7 Å². The van der Waals surface area contributed by atoms with Crippen LogP contribution in [0.3, 0.4) is 0 Å². The molecule has 0 aromatic heterocycles. The number of benzene rings is 1. The number of rotatable bonds is 7. The number of carboxylic acid groups (broad SMARTS) is 1. The summed E-state index contributed by atoms with van der Waals surface area (Å²) < 4.78 is 42.5. The smallest absolute Gasteiger partial charge is 0.347 e. The molecule has 1 heterocycles. The Morgan fingerprint density at radius 2 is 2.14 bits per heavy atom. The number of carbonyl (C=O) groups excluding carboxylic acids is 1. The van der Waals surface area contributed by atoms with Gasteiger partial charge in [-0.05, 0) is 18.2 Å². The summed E-state index contributed by atoms with van der Waals surface area (Å²) in [6.07, 6.45) is 1.26. The molecule has 0 saturated carbocycles. The van der Waals surface area contributed by atoms with Gasteiger partial charge in [0, 0.05) is 17.7 Å². The number of hydrazine groups is 1. The number of nitrogens with zero attached hydrogens (tertiary/aromatic N) is 3. The van der Waals surface area contributed by atoms with Gasteiger partial charge in [0.1, 0.15) is 11.5 Å². The highest BCUT2D eigenvalue weighted by molar-refractivity contribution is 6.33. The highest BCUT2D eigenvalue weighted by Gasteiger charge is 2.42. The van der Waals surface area contributed by atoms with Gasteiger partial charge >= 0.3 is 12.0 Å². The number of anilines is 1. The lowest BCUT2D eigenvalue weighted by molar-refractivity contribution is -0.142. The predicted molar refractivity (Wildman–Crippen MR) is 99.0 cm³/mol. The maximum Gasteiger partial charge on any atom is 0.347 e. The van der Waals surface area contributed by atoms with Crippen molar-refractivity contribution in [1.82, 2.24) is 5.01 Å². The second-order valence-corrected chi connectivity index (χ2v) is 6.20. The normalized spacial score (nSPS) is 15.2. The van der Waals surface area contributed by atoms with Crippen molar-refractivity contribution >= 4 is 35.5 Å². The van der Waals surface area contributed by atoms with E-state index in [0.717, 1.165) is 24.4 Å². The van der Waals surface area contributed by atoms with Gasteiger partial charge in [-0.2, -0.15) is 8.78 Å². The molecule has 1 aliphatic heterocycles. The zero-order valence-corrected chi connectivity index (χ0v) is 15.8. The molecule has 0 unspecified atom stereocenters. The number of allylic oxidation sites excluding steroid dienone is 2. The van der Waals surface area contributed by atoms with Crippen molar-refractivity contribution < 1.29 is 32.7 Å². The highest BCUT2D eigenvalue weighted by atomic mass is 35.5. The average molecular weight is 433 g/mol. The van der Waals surface area contributed by atoms with Crippen LogP contribution in [0.15, 0.2) is 41.3 Å². The van der Waals surface area contributed by atoms with E-state index in [1.54, 1.807) is 0 Å². The van der Waals surface area contributed by atoms with Crippen LogP contribution in [-0.2, 0) is 9.63 Å². The van der Waals surface area contributed by atoms with Gasteiger partial charge < -0.3 is 9.94 Å². The molecule has 2 rings (SSSR count). The topological polar surface area (TPSA) is 108 Å². The lowest BCUT2D eigenvalue weighted by Crippen LogP contribution is -2.52. The number of hydrogen-bond donors (Lipinski definition) is 2. The number of amides is 2. The number of aliphatic carboxylic acids is 1. The fraction of sp³-hybridized carbons (Fsp3) is 0.235. The molecular formula is C17H16ClF3N4O4. The molecule has 1 aromatic carbocycles. The van der Waals surface area contributed by atoms with Gasteiger partial charge in [-0.3, -0.25) is 4.90 Å². The Balaban J connectivity index is 2.44. The fourth-order valence-electron chi connectivity index (χ4n) is 2.36. The van der Waals surface area contributed by atoms with Gasteiger partial charge in [-0.15, -0.1) is 0 Å². The van der Waals surface area contributed by atoms with Crippen molar-refractivity contribution in [2.24, 2.45) is 11.0 Å². The molecule has 0 radical (unpaired) electrons. The van der Waals surface area contributed by atoms with Crippen LogP contribution in [-0.4, -0.2) is 40.9 Å². The van der Waals surface area contributed by atoms with Crippen molar-refractivity contribution in [2.45, 2.75) is 19.3 Å². The molecule has 0 aliphatic carbocycles. The number of hydrogen-bond acceptors (Lipinski definition) is 5. The van der Waals surface area contributed by atoms with E-state index in [9.17, 15) is 22.8 Å². The summed E-state index contributed by atoms with van der Waals surface area (Å²) in [4.78, 5) is 28.1. The summed E-state index contributed by atoms with van der Waals surface area (Å²) in [5.41, 5.74) is -1.34. The van der Waals surface area contributed by atoms with Gasteiger partial charge in [0.05, 0.1) is 16.9 Å². The van der Waals surface area contributed by atoms with E-state index < -0.39 is 42.5 Å². The molecule has 1 aromatic rings. The Morgan fingerprint density at radius 3 is 2.72 bits per heavy atom. The molecular weight excluding hydrogens is 417 g/mol. The van der Waals surface area contributed by atoms with Crippen LogP contribution in [0.5, 0.6) is 0 Å². The van der Waals surface area contributed by atoms with Crippen LogP contribution in [0.1, 0.15) is 18.9 Å². The third-order valence-electron chi connectivity index (χ3n) is 3.83. The number of carbonyl (C=O) groups is 2. The molecule has 12 heteroatoms. The molecule has 3 N–H and O–H groups in total. The first-order valence-electron chi connectivity index (χ1n) is 8.03. The molecule has 156 valence electrons. The van der Waals surface area contributed by atoms with Gasteiger partial charge in [-0.25, -0.2) is 24.8 Å². The summed E-state index contributed by atoms with van der Waals surface area (Å²) in [7, 11) is 0. The van der Waals surface area contributed by atoms with Gasteiger partial charge in [0.25, 0.3) is 5.92 Å². The van der Waals surface area contributed by atoms with Crippen molar-refractivity contribution in [3.63, 3.8) is 0 Å². The predicted octanol–water partition coefficient (Wildman–Crippen LogP) is 3.47. The van der Waals surface area contributed by atoms with Crippen LogP contribution >= 0.6 is 11.6 Å². The fourth-order valence-corrected chi connectivity index (χ4v) is 2.56. The largest absolute Gasteiger partial charge is 0.479 e. The Bertz CT molecular complexity index is 920. The van der Waals surface area contributed by atoms with Crippen molar-refractivity contribution in [3.8, 4) is 0 Å². The minimum atomic E-state index is -3.39. The monoisotopic (exact) mass is 432 g/mol. The van der Waals surface area contributed by atoms with E-state index in [1.165, 1.54) is 6.92 Å². The zero-order chi connectivity index (χ0) is 21.9. The first-order valence-corrected chi connectivity index (χ1v) is 8.41. The first kappa shape index (κ1) is 22.2. The lowest BCUT2D eigenvalue weighted by atomic mass is 10.1. The quantitative estimate of drug-likeness (QED) is 0.297. The number of urea groups is 1. The maximum absolute atomic E-state index is 14.5. The summed E-state index contributed by atoms with van der Waals surface area (Å²) in [6, 6.07) is 0.780. The number of alkyl halides is 2. The summed E-state index contributed by atoms with van der Waals surface area (Å²) in [5.74, 6) is -0.0943. The van der Waals surface area contributed by atoms with E-state index in [-0.39, 0.29) is 27.0 Å². The zero-order valence-electron chi connectivity index (χ0n) is 15.0. The Labute approximate surface area is 168 Å². The van der Waals surface area contributed by atoms with E-state index in [0.29, 0.717) is 4.90 Å². The molecule has 0 fully saturated rings. The number of oxime groups is 1. The molecule has 0 spiro atoms. The van der Waals surface area contributed by atoms with E-state index in [4.69, 9.17) is 22.6 Å². The second-order valence-electron chi connectivity index (χ2n) is 5.79. The molecule has 2 amide bonds. The van der Waals surface area contributed by atoms with E-state index in [2.05, 4.69) is 16.6 Å². The summed E-state index contributed by atoms with van der Waals surface area (Å²) in [6.45, 7) is 4.03. The van der Waals surface area contributed by atoms with E-state index >= 15 is 0 Å².